The summed E-state index contributed by atoms with van der Waals surface area (Å²) in [6.07, 6.45) is 7.33. The van der Waals surface area contributed by atoms with E-state index < -0.39 is 5.24 Å². The molecule has 98 valence electrons. The molecule has 1 aromatic carbocycles. The zero-order chi connectivity index (χ0) is 13.7. The van der Waals surface area contributed by atoms with Gasteiger partial charge < -0.3 is 4.74 Å². The van der Waals surface area contributed by atoms with Crippen molar-refractivity contribution in [2.45, 2.75) is 19.4 Å². The maximum atomic E-state index is 11.8. The molecule has 0 N–H and O–H groups in total. The lowest BCUT2D eigenvalue weighted by Crippen LogP contribution is -2.09. The molecular formula is C15H13ClO3. The average molecular weight is 277 g/mol. The quantitative estimate of drug-likeness (QED) is 0.625. The molecule has 0 bridgehead atoms. The Labute approximate surface area is 116 Å². The van der Waals surface area contributed by atoms with Crippen LogP contribution >= 0.6 is 11.6 Å². The van der Waals surface area contributed by atoms with E-state index in [2.05, 4.69) is 0 Å². The van der Waals surface area contributed by atoms with Gasteiger partial charge in [0.25, 0.3) is 5.24 Å². The van der Waals surface area contributed by atoms with Crippen LogP contribution in [0.1, 0.15) is 28.8 Å². The van der Waals surface area contributed by atoms with Gasteiger partial charge in [-0.3, -0.25) is 4.79 Å². The Morgan fingerprint density at radius 1 is 1.21 bits per heavy atom. The lowest BCUT2D eigenvalue weighted by Gasteiger charge is -2.09. The van der Waals surface area contributed by atoms with Crippen molar-refractivity contribution in [3.63, 3.8) is 0 Å². The number of benzene rings is 1. The summed E-state index contributed by atoms with van der Waals surface area (Å²) < 4.78 is 5.19. The summed E-state index contributed by atoms with van der Waals surface area (Å²) in [5.74, 6) is -0.382. The maximum absolute atomic E-state index is 11.8. The van der Waals surface area contributed by atoms with Gasteiger partial charge in [0.2, 0.25) is 0 Å². The number of rotatable bonds is 4. The van der Waals surface area contributed by atoms with Crippen molar-refractivity contribution in [2.24, 2.45) is 0 Å². The van der Waals surface area contributed by atoms with Crippen LogP contribution in [-0.4, -0.2) is 11.2 Å². The van der Waals surface area contributed by atoms with Crippen LogP contribution in [0.5, 0.6) is 0 Å². The third-order valence-corrected chi connectivity index (χ3v) is 3.02. The Kier molecular flexibility index (Phi) is 4.53. The highest BCUT2D eigenvalue weighted by Crippen LogP contribution is 2.15. The van der Waals surface area contributed by atoms with Crippen LogP contribution in [0.3, 0.4) is 0 Å². The van der Waals surface area contributed by atoms with E-state index in [0.717, 1.165) is 12.8 Å². The zero-order valence-corrected chi connectivity index (χ0v) is 11.0. The number of halogens is 1. The molecule has 0 aliphatic heterocycles. The molecule has 2 rings (SSSR count). The zero-order valence-electron chi connectivity index (χ0n) is 10.3. The second kappa shape index (κ2) is 6.34. The van der Waals surface area contributed by atoms with E-state index in [4.69, 9.17) is 16.3 Å². The van der Waals surface area contributed by atoms with E-state index in [9.17, 15) is 9.59 Å². The monoisotopic (exact) mass is 276 g/mol. The first kappa shape index (κ1) is 13.6. The molecule has 19 heavy (non-hydrogen) atoms. The summed E-state index contributed by atoms with van der Waals surface area (Å²) in [6.45, 7) is 0.0403. The van der Waals surface area contributed by atoms with Crippen LogP contribution < -0.4 is 0 Å². The van der Waals surface area contributed by atoms with Crippen molar-refractivity contribution in [3.8, 4) is 0 Å². The van der Waals surface area contributed by atoms with Crippen molar-refractivity contribution in [1.82, 2.24) is 0 Å². The summed E-state index contributed by atoms with van der Waals surface area (Å²) in [6, 6.07) is 6.81. The number of hydrogen-bond donors (Lipinski definition) is 0. The molecule has 0 saturated carbocycles. The molecule has 0 heterocycles. The molecule has 0 fully saturated rings. The van der Waals surface area contributed by atoms with Gasteiger partial charge in [0.1, 0.15) is 6.61 Å². The van der Waals surface area contributed by atoms with Crippen LogP contribution in [0.4, 0.5) is 0 Å². The normalized spacial score (nSPS) is 13.8. The highest BCUT2D eigenvalue weighted by atomic mass is 35.5. The lowest BCUT2D eigenvalue weighted by atomic mass is 10.1. The van der Waals surface area contributed by atoms with Crippen LogP contribution in [0.25, 0.3) is 0 Å². The van der Waals surface area contributed by atoms with Crippen molar-refractivity contribution < 1.29 is 14.3 Å². The Hall–Kier alpha value is -1.87. The van der Waals surface area contributed by atoms with E-state index in [1.165, 1.54) is 0 Å². The second-order valence-corrected chi connectivity index (χ2v) is 4.49. The van der Waals surface area contributed by atoms with E-state index in [0.29, 0.717) is 16.7 Å². The topological polar surface area (TPSA) is 43.4 Å². The number of allylic oxidation sites excluding steroid dienone is 2. The molecule has 0 unspecified atom stereocenters. The van der Waals surface area contributed by atoms with Gasteiger partial charge in [0.15, 0.2) is 0 Å². The molecule has 0 aromatic heterocycles. The first-order valence-electron chi connectivity index (χ1n) is 6.00. The summed E-state index contributed by atoms with van der Waals surface area (Å²) in [5.41, 5.74) is 1.53. The molecule has 1 aliphatic carbocycles. The molecule has 0 radical (unpaired) electrons. The SMILES string of the molecule is O=C(OCc1ccccc1C(=O)Cl)C1=CCCC=C1. The van der Waals surface area contributed by atoms with Gasteiger partial charge in [-0.15, -0.1) is 0 Å². The number of ether oxygens (including phenoxy) is 1. The molecule has 4 heteroatoms. The van der Waals surface area contributed by atoms with Gasteiger partial charge in [0, 0.05) is 11.1 Å². The standard InChI is InChI=1S/C15H13ClO3/c16-14(17)13-9-5-4-8-12(13)10-19-15(18)11-6-2-1-3-7-11/h2,4-9H,1,3,10H2. The molecular weight excluding hydrogens is 264 g/mol. The third kappa shape index (κ3) is 3.55. The first-order chi connectivity index (χ1) is 9.18. The minimum atomic E-state index is -0.552. The Balaban J connectivity index is 2.03. The van der Waals surface area contributed by atoms with Gasteiger partial charge in [-0.05, 0) is 30.5 Å². The van der Waals surface area contributed by atoms with Crippen LogP contribution in [0, 0.1) is 0 Å². The van der Waals surface area contributed by atoms with Crippen molar-refractivity contribution >= 4 is 22.8 Å². The van der Waals surface area contributed by atoms with E-state index in [1.807, 2.05) is 12.2 Å². The highest BCUT2D eigenvalue weighted by molar-refractivity contribution is 6.67. The predicted molar refractivity (Wildman–Crippen MR) is 72.9 cm³/mol. The van der Waals surface area contributed by atoms with Crippen molar-refractivity contribution in [2.75, 3.05) is 0 Å². The first-order valence-corrected chi connectivity index (χ1v) is 6.38. The summed E-state index contributed by atoms with van der Waals surface area (Å²) in [5, 5.41) is -0.552. The molecule has 0 amide bonds. The van der Waals surface area contributed by atoms with Crippen molar-refractivity contribution in [3.05, 3.63) is 59.2 Å². The Bertz CT molecular complexity index is 558. The molecule has 0 spiro atoms. The van der Waals surface area contributed by atoms with E-state index in [1.54, 1.807) is 30.3 Å². The second-order valence-electron chi connectivity index (χ2n) is 4.15. The number of carbonyl (C=O) groups excluding carboxylic acids is 2. The van der Waals surface area contributed by atoms with Gasteiger partial charge in [-0.2, -0.15) is 0 Å². The number of carbonyl (C=O) groups is 2. The van der Waals surface area contributed by atoms with Gasteiger partial charge in [-0.1, -0.05) is 36.4 Å². The third-order valence-electron chi connectivity index (χ3n) is 2.82. The molecule has 1 aliphatic rings. The predicted octanol–water partition coefficient (Wildman–Crippen LogP) is 3.39. The van der Waals surface area contributed by atoms with Gasteiger partial charge in [0.05, 0.1) is 5.57 Å². The summed E-state index contributed by atoms with van der Waals surface area (Å²) >= 11 is 5.47. The van der Waals surface area contributed by atoms with E-state index >= 15 is 0 Å². The number of hydrogen-bond acceptors (Lipinski definition) is 3. The molecule has 3 nitrogen and oxygen atoms in total. The Morgan fingerprint density at radius 2 is 2.00 bits per heavy atom. The molecule has 0 atom stereocenters. The maximum Gasteiger partial charge on any atom is 0.338 e. The summed E-state index contributed by atoms with van der Waals surface area (Å²) in [7, 11) is 0. The fourth-order valence-electron chi connectivity index (χ4n) is 1.83. The summed E-state index contributed by atoms with van der Waals surface area (Å²) in [4.78, 5) is 23.0. The average Bonchev–Trinajstić information content (AvgIpc) is 2.46. The fraction of sp³-hybridized carbons (Fsp3) is 0.200. The molecule has 0 saturated heterocycles. The Morgan fingerprint density at radius 3 is 2.68 bits per heavy atom. The lowest BCUT2D eigenvalue weighted by molar-refractivity contribution is -0.139. The van der Waals surface area contributed by atoms with Gasteiger partial charge >= 0.3 is 5.97 Å². The minimum Gasteiger partial charge on any atom is -0.457 e. The largest absolute Gasteiger partial charge is 0.457 e. The minimum absolute atomic E-state index is 0.0403. The van der Waals surface area contributed by atoms with Crippen LogP contribution in [0.15, 0.2) is 48.1 Å². The van der Waals surface area contributed by atoms with Gasteiger partial charge in [-0.25, -0.2) is 4.79 Å². The van der Waals surface area contributed by atoms with Crippen molar-refractivity contribution in [1.29, 1.82) is 0 Å². The fourth-order valence-corrected chi connectivity index (χ4v) is 2.01. The van der Waals surface area contributed by atoms with Crippen LogP contribution in [-0.2, 0) is 16.1 Å². The molecule has 1 aromatic rings. The van der Waals surface area contributed by atoms with E-state index in [-0.39, 0.29) is 12.6 Å². The number of esters is 1. The smallest absolute Gasteiger partial charge is 0.338 e. The highest BCUT2D eigenvalue weighted by Gasteiger charge is 2.13. The van der Waals surface area contributed by atoms with Crippen LogP contribution in [0.2, 0.25) is 0 Å².